The van der Waals surface area contributed by atoms with E-state index < -0.39 is 5.79 Å². The first-order valence-electron chi connectivity index (χ1n) is 5.64. The first kappa shape index (κ1) is 12.6. The van der Waals surface area contributed by atoms with Gasteiger partial charge in [0.2, 0.25) is 11.5 Å². The summed E-state index contributed by atoms with van der Waals surface area (Å²) in [5, 5.41) is 0. The minimum absolute atomic E-state index is 0.364. The van der Waals surface area contributed by atoms with E-state index in [2.05, 4.69) is 29.8 Å². The highest BCUT2D eigenvalue weighted by molar-refractivity contribution is 9.10. The van der Waals surface area contributed by atoms with E-state index in [0.717, 1.165) is 15.8 Å². The van der Waals surface area contributed by atoms with Crippen molar-refractivity contribution in [3.8, 4) is 17.2 Å². The lowest BCUT2D eigenvalue weighted by molar-refractivity contribution is -0.0443. The van der Waals surface area contributed by atoms with Gasteiger partial charge in [0.25, 0.3) is 0 Å². The summed E-state index contributed by atoms with van der Waals surface area (Å²) in [7, 11) is 1.63. The summed E-state index contributed by atoms with van der Waals surface area (Å²) in [5.41, 5.74) is 1.12. The molecule has 17 heavy (non-hydrogen) atoms. The van der Waals surface area contributed by atoms with Gasteiger partial charge >= 0.3 is 0 Å². The molecule has 0 fully saturated rings. The fourth-order valence-corrected chi connectivity index (χ4v) is 2.53. The molecule has 2 rings (SSSR count). The summed E-state index contributed by atoms with van der Waals surface area (Å²) in [4.78, 5) is 0. The van der Waals surface area contributed by atoms with Crippen LogP contribution in [0, 0.1) is 0 Å². The minimum Gasteiger partial charge on any atom is -0.492 e. The average molecular weight is 301 g/mol. The number of ether oxygens (including phenoxy) is 3. The van der Waals surface area contributed by atoms with Crippen LogP contribution in [0.15, 0.2) is 10.5 Å². The highest BCUT2D eigenvalue weighted by atomic mass is 79.9. The molecule has 1 aliphatic heterocycles. The van der Waals surface area contributed by atoms with Crippen LogP contribution in [-0.2, 0) is 0 Å². The summed E-state index contributed by atoms with van der Waals surface area (Å²) in [6.45, 7) is 8.04. The molecule has 1 aromatic carbocycles. The van der Waals surface area contributed by atoms with Gasteiger partial charge in [-0.2, -0.15) is 0 Å². The molecule has 1 aromatic rings. The molecule has 3 nitrogen and oxygen atoms in total. The van der Waals surface area contributed by atoms with E-state index >= 15 is 0 Å². The van der Waals surface area contributed by atoms with Gasteiger partial charge in [-0.1, -0.05) is 13.8 Å². The smallest absolute Gasteiger partial charge is 0.246 e. The second-order valence-corrected chi connectivity index (χ2v) is 5.75. The molecule has 1 heterocycles. The molecular formula is C13H17BrO3. The Balaban J connectivity index is 2.64. The number of fused-ring (bicyclic) bond motifs is 1. The topological polar surface area (TPSA) is 27.7 Å². The SMILES string of the molecule is COc1c(Br)cc(C(C)C)c2c1OC(C)(C)O2. The Morgan fingerprint density at radius 2 is 1.82 bits per heavy atom. The lowest BCUT2D eigenvalue weighted by atomic mass is 10.0. The van der Waals surface area contributed by atoms with Crippen molar-refractivity contribution >= 4 is 15.9 Å². The van der Waals surface area contributed by atoms with Crippen LogP contribution in [0.5, 0.6) is 17.2 Å². The molecule has 1 aliphatic rings. The number of rotatable bonds is 2. The zero-order chi connectivity index (χ0) is 12.8. The van der Waals surface area contributed by atoms with Crippen molar-refractivity contribution in [2.24, 2.45) is 0 Å². The maximum Gasteiger partial charge on any atom is 0.246 e. The number of hydrogen-bond acceptors (Lipinski definition) is 3. The third-order valence-electron chi connectivity index (χ3n) is 2.70. The summed E-state index contributed by atoms with van der Waals surface area (Å²) in [6.07, 6.45) is 0. The van der Waals surface area contributed by atoms with Gasteiger partial charge in [-0.3, -0.25) is 0 Å². The van der Waals surface area contributed by atoms with Gasteiger partial charge in [0, 0.05) is 19.4 Å². The van der Waals surface area contributed by atoms with Crippen molar-refractivity contribution in [2.45, 2.75) is 39.4 Å². The first-order chi connectivity index (χ1) is 7.85. The lowest BCUT2D eigenvalue weighted by Crippen LogP contribution is -2.30. The molecule has 0 spiro atoms. The van der Waals surface area contributed by atoms with Gasteiger partial charge in [-0.25, -0.2) is 0 Å². The lowest BCUT2D eigenvalue weighted by Gasteiger charge is -2.17. The van der Waals surface area contributed by atoms with Crippen molar-refractivity contribution in [3.05, 3.63) is 16.1 Å². The quantitative estimate of drug-likeness (QED) is 0.823. The van der Waals surface area contributed by atoms with Gasteiger partial charge in [0.15, 0.2) is 11.5 Å². The number of methoxy groups -OCH3 is 1. The zero-order valence-electron chi connectivity index (χ0n) is 10.8. The van der Waals surface area contributed by atoms with Crippen molar-refractivity contribution in [3.63, 3.8) is 0 Å². The van der Waals surface area contributed by atoms with Crippen LogP contribution in [0.4, 0.5) is 0 Å². The van der Waals surface area contributed by atoms with Crippen molar-refractivity contribution in [2.75, 3.05) is 7.11 Å². The highest BCUT2D eigenvalue weighted by Crippen LogP contribution is 2.52. The van der Waals surface area contributed by atoms with Crippen LogP contribution >= 0.6 is 15.9 Å². The summed E-state index contributed by atoms with van der Waals surface area (Å²) < 4.78 is 17.9. The van der Waals surface area contributed by atoms with E-state index in [1.807, 2.05) is 19.9 Å². The van der Waals surface area contributed by atoms with E-state index in [4.69, 9.17) is 14.2 Å². The van der Waals surface area contributed by atoms with Crippen LogP contribution in [0.1, 0.15) is 39.2 Å². The Morgan fingerprint density at radius 3 is 2.35 bits per heavy atom. The largest absolute Gasteiger partial charge is 0.492 e. The van der Waals surface area contributed by atoms with Crippen LogP contribution in [0.2, 0.25) is 0 Å². The average Bonchev–Trinajstić information content (AvgIpc) is 2.51. The first-order valence-corrected chi connectivity index (χ1v) is 6.43. The van der Waals surface area contributed by atoms with Gasteiger partial charge in [0.05, 0.1) is 11.6 Å². The van der Waals surface area contributed by atoms with E-state index in [1.165, 1.54) is 0 Å². The van der Waals surface area contributed by atoms with Crippen molar-refractivity contribution in [1.29, 1.82) is 0 Å². The Labute approximate surface area is 110 Å². The van der Waals surface area contributed by atoms with E-state index in [1.54, 1.807) is 7.11 Å². The molecular weight excluding hydrogens is 284 g/mol. The predicted octanol–water partition coefficient (Wildman–Crippen LogP) is 4.09. The molecule has 0 aromatic heterocycles. The van der Waals surface area contributed by atoms with E-state index in [-0.39, 0.29) is 0 Å². The molecule has 0 saturated heterocycles. The fraction of sp³-hybridized carbons (Fsp3) is 0.538. The third-order valence-corrected chi connectivity index (χ3v) is 3.28. The molecule has 0 saturated carbocycles. The van der Waals surface area contributed by atoms with Gasteiger partial charge < -0.3 is 14.2 Å². The Hall–Kier alpha value is -0.900. The second-order valence-electron chi connectivity index (χ2n) is 4.90. The summed E-state index contributed by atoms with van der Waals surface area (Å²) in [6, 6.07) is 2.03. The maximum absolute atomic E-state index is 5.86. The molecule has 4 heteroatoms. The van der Waals surface area contributed by atoms with Crippen molar-refractivity contribution < 1.29 is 14.2 Å². The Morgan fingerprint density at radius 1 is 1.24 bits per heavy atom. The molecule has 0 N–H and O–H groups in total. The normalized spacial score (nSPS) is 16.4. The van der Waals surface area contributed by atoms with Gasteiger partial charge in [0.1, 0.15) is 0 Å². The van der Waals surface area contributed by atoms with Crippen LogP contribution < -0.4 is 14.2 Å². The Bertz CT molecular complexity index is 452. The monoisotopic (exact) mass is 300 g/mol. The number of halogens is 1. The van der Waals surface area contributed by atoms with Gasteiger partial charge in [-0.15, -0.1) is 0 Å². The molecule has 0 atom stereocenters. The highest BCUT2D eigenvalue weighted by Gasteiger charge is 2.37. The summed E-state index contributed by atoms with van der Waals surface area (Å²) >= 11 is 3.51. The predicted molar refractivity (Wildman–Crippen MR) is 70.1 cm³/mol. The zero-order valence-corrected chi connectivity index (χ0v) is 12.3. The molecule has 0 bridgehead atoms. The van der Waals surface area contributed by atoms with Gasteiger partial charge in [-0.05, 0) is 27.9 Å². The molecule has 0 radical (unpaired) electrons. The maximum atomic E-state index is 5.86. The number of hydrogen-bond donors (Lipinski definition) is 0. The minimum atomic E-state index is -0.639. The van der Waals surface area contributed by atoms with E-state index in [0.29, 0.717) is 17.4 Å². The molecule has 0 aliphatic carbocycles. The molecule has 0 unspecified atom stereocenters. The fourth-order valence-electron chi connectivity index (χ4n) is 1.94. The van der Waals surface area contributed by atoms with Crippen molar-refractivity contribution in [1.82, 2.24) is 0 Å². The third kappa shape index (κ3) is 2.10. The molecule has 94 valence electrons. The Kier molecular flexibility index (Phi) is 3.02. The van der Waals surface area contributed by atoms with Crippen LogP contribution in [-0.4, -0.2) is 12.9 Å². The van der Waals surface area contributed by atoms with E-state index in [9.17, 15) is 0 Å². The van der Waals surface area contributed by atoms with Crippen LogP contribution in [0.3, 0.4) is 0 Å². The molecule has 0 amide bonds. The van der Waals surface area contributed by atoms with Crippen LogP contribution in [0.25, 0.3) is 0 Å². The standard InChI is InChI=1S/C13H17BrO3/c1-7(2)8-6-9(14)11(15-5)12-10(8)16-13(3,4)17-12/h6-7H,1-5H3. The second kappa shape index (κ2) is 4.09. The number of benzene rings is 1. The summed E-state index contributed by atoms with van der Waals surface area (Å²) in [5.74, 6) is 1.90.